The van der Waals surface area contributed by atoms with Crippen LogP contribution in [-0.2, 0) is 22.9 Å². The fourth-order valence-corrected chi connectivity index (χ4v) is 3.83. The number of hydrogen-bond donors (Lipinski definition) is 5. The summed E-state index contributed by atoms with van der Waals surface area (Å²) in [5.41, 5.74) is 14.5. The number of aromatic nitrogens is 4. The van der Waals surface area contributed by atoms with Crippen molar-refractivity contribution in [1.29, 1.82) is 0 Å². The van der Waals surface area contributed by atoms with Crippen LogP contribution in [0, 0.1) is 0 Å². The number of nitrogens with zero attached hydrogens (tertiary/aromatic N) is 4. The Morgan fingerprint density at radius 1 is 0.886 bits per heavy atom. The van der Waals surface area contributed by atoms with Gasteiger partial charge >= 0.3 is 7.05 Å². The van der Waals surface area contributed by atoms with Crippen LogP contribution in [0.5, 0.6) is 0 Å². The minimum Gasteiger partial charge on any atom is -0.436 e. The lowest BCUT2D eigenvalue weighted by molar-refractivity contribution is 0.0654. The maximum absolute atomic E-state index is 8.95. The van der Waals surface area contributed by atoms with Crippen molar-refractivity contribution in [3.05, 3.63) is 58.8 Å². The molecule has 8 N–H and O–H groups in total. The molecular formula is C21H31BN8O3S2. The van der Waals surface area contributed by atoms with Gasteiger partial charge in [-0.05, 0) is 31.1 Å². The van der Waals surface area contributed by atoms with E-state index in [9.17, 15) is 0 Å². The molecule has 0 saturated carbocycles. The third-order valence-electron chi connectivity index (χ3n) is 3.89. The summed E-state index contributed by atoms with van der Waals surface area (Å²) < 4.78 is 0. The SMILES string of the molecule is C.C.CB(O)NOCc1ccc(-c2nc(N)cs2)cn1.NOCc1ccc(-c2nc(N)cs2)cn1. The number of rotatable bonds is 8. The number of nitrogens with one attached hydrogen (secondary N) is 1. The molecule has 4 heterocycles. The monoisotopic (exact) mass is 518 g/mol. The Morgan fingerprint density at radius 3 is 1.71 bits per heavy atom. The van der Waals surface area contributed by atoms with E-state index in [4.69, 9.17) is 27.2 Å². The number of anilines is 2. The van der Waals surface area contributed by atoms with Crippen molar-refractivity contribution in [3.8, 4) is 21.1 Å². The number of nitrogen functional groups attached to an aromatic ring is 2. The van der Waals surface area contributed by atoms with E-state index in [2.05, 4.69) is 30.2 Å². The molecule has 0 aromatic carbocycles. The zero-order valence-electron chi connectivity index (χ0n) is 17.7. The van der Waals surface area contributed by atoms with Crippen LogP contribution in [0.15, 0.2) is 47.4 Å². The molecule has 4 rings (SSSR count). The van der Waals surface area contributed by atoms with Crippen LogP contribution in [0.4, 0.5) is 11.6 Å². The second kappa shape index (κ2) is 15.1. The number of pyridine rings is 2. The molecule has 4 aromatic rings. The van der Waals surface area contributed by atoms with E-state index in [1.807, 2.05) is 24.3 Å². The van der Waals surface area contributed by atoms with Gasteiger partial charge in [-0.15, -0.1) is 22.7 Å². The second-order valence-electron chi connectivity index (χ2n) is 6.62. The maximum Gasteiger partial charge on any atom is 0.398 e. The first-order valence-electron chi connectivity index (χ1n) is 9.64. The standard InChI is InChI=1S/C10H13BN4O2S.C9H10N4OS.2CH4/c1-11(16)15-17-5-8-3-2-7(4-13-8)10-14-9(12)6-18-10;10-8-5-15-9(13-8)6-1-2-7(4-14-11)12-3-6;;/h2-4,6,15-16H,5,12H2,1H3;1-3,5H,4,10-11H2;2*1H4. The van der Waals surface area contributed by atoms with Crippen molar-refractivity contribution < 1.29 is 14.7 Å². The van der Waals surface area contributed by atoms with Gasteiger partial charge in [-0.25, -0.2) is 21.3 Å². The molecule has 35 heavy (non-hydrogen) atoms. The van der Waals surface area contributed by atoms with E-state index >= 15 is 0 Å². The lowest BCUT2D eigenvalue weighted by atomic mass is 9.92. The molecular weight excluding hydrogens is 487 g/mol. The molecule has 0 spiro atoms. The van der Waals surface area contributed by atoms with E-state index in [-0.39, 0.29) is 21.5 Å². The van der Waals surface area contributed by atoms with E-state index in [0.717, 1.165) is 32.5 Å². The lowest BCUT2D eigenvalue weighted by Gasteiger charge is -2.05. The third kappa shape index (κ3) is 9.66. The third-order valence-corrected chi connectivity index (χ3v) is 5.71. The average molecular weight is 518 g/mol. The van der Waals surface area contributed by atoms with Gasteiger partial charge in [-0.1, -0.05) is 14.9 Å². The molecule has 188 valence electrons. The molecule has 0 bridgehead atoms. The normalized spacial score (nSPS) is 9.91. The Labute approximate surface area is 213 Å². The number of hydrogen-bond acceptors (Lipinski definition) is 13. The van der Waals surface area contributed by atoms with Gasteiger partial charge in [0.15, 0.2) is 0 Å². The van der Waals surface area contributed by atoms with E-state index < -0.39 is 7.05 Å². The van der Waals surface area contributed by atoms with Crippen molar-refractivity contribution in [1.82, 2.24) is 25.3 Å². The van der Waals surface area contributed by atoms with Gasteiger partial charge in [0, 0.05) is 34.3 Å². The minimum atomic E-state index is -0.706. The zero-order chi connectivity index (χ0) is 23.6. The Balaban J connectivity index is 0.000000336. The molecule has 0 fully saturated rings. The Morgan fingerprint density at radius 2 is 1.37 bits per heavy atom. The van der Waals surface area contributed by atoms with Gasteiger partial charge in [0.1, 0.15) is 34.9 Å². The van der Waals surface area contributed by atoms with Gasteiger partial charge < -0.3 is 21.3 Å². The smallest absolute Gasteiger partial charge is 0.398 e. The average Bonchev–Trinajstić information content (AvgIpc) is 3.44. The molecule has 4 aromatic heterocycles. The first-order valence-corrected chi connectivity index (χ1v) is 11.4. The largest absolute Gasteiger partial charge is 0.436 e. The van der Waals surface area contributed by atoms with Gasteiger partial charge in [0.25, 0.3) is 0 Å². The first kappa shape index (κ1) is 30.1. The van der Waals surface area contributed by atoms with Gasteiger partial charge in [0.2, 0.25) is 0 Å². The second-order valence-corrected chi connectivity index (χ2v) is 8.34. The summed E-state index contributed by atoms with van der Waals surface area (Å²) in [6.45, 7) is 2.16. The highest BCUT2D eigenvalue weighted by Crippen LogP contribution is 2.24. The Kier molecular flexibility index (Phi) is 13.0. The van der Waals surface area contributed by atoms with Crippen LogP contribution in [0.25, 0.3) is 21.1 Å². The highest BCUT2D eigenvalue weighted by atomic mass is 32.1. The van der Waals surface area contributed by atoms with Crippen LogP contribution < -0.4 is 22.8 Å². The molecule has 0 atom stereocenters. The van der Waals surface area contributed by atoms with Gasteiger partial charge in [-0.2, -0.15) is 0 Å². The zero-order valence-corrected chi connectivity index (χ0v) is 19.3. The summed E-state index contributed by atoms with van der Waals surface area (Å²) in [7, 11) is -0.706. The van der Waals surface area contributed by atoms with Crippen LogP contribution in [0.3, 0.4) is 0 Å². The molecule has 14 heteroatoms. The molecule has 0 saturated heterocycles. The summed E-state index contributed by atoms with van der Waals surface area (Å²) in [6, 6.07) is 7.52. The summed E-state index contributed by atoms with van der Waals surface area (Å²) in [6.07, 6.45) is 3.45. The lowest BCUT2D eigenvalue weighted by Crippen LogP contribution is -2.30. The number of thiazole rings is 2. The molecule has 0 amide bonds. The van der Waals surface area contributed by atoms with Gasteiger partial charge in [-0.3, -0.25) is 14.8 Å². The van der Waals surface area contributed by atoms with Crippen molar-refractivity contribution in [2.45, 2.75) is 34.9 Å². The molecule has 11 nitrogen and oxygen atoms in total. The van der Waals surface area contributed by atoms with Crippen molar-refractivity contribution in [3.63, 3.8) is 0 Å². The fourth-order valence-electron chi connectivity index (χ4n) is 2.43. The topological polar surface area (TPSA) is 180 Å². The molecule has 0 unspecified atom stereocenters. The predicted molar refractivity (Wildman–Crippen MR) is 144 cm³/mol. The molecule has 0 radical (unpaired) electrons. The summed E-state index contributed by atoms with van der Waals surface area (Å²) in [4.78, 5) is 26.3. The van der Waals surface area contributed by atoms with E-state index in [1.54, 1.807) is 30.0 Å². The van der Waals surface area contributed by atoms with Crippen molar-refractivity contribution in [2.24, 2.45) is 5.90 Å². The number of nitrogens with two attached hydrogens (primary N) is 3. The minimum absolute atomic E-state index is 0. The van der Waals surface area contributed by atoms with Gasteiger partial charge in [0.05, 0.1) is 11.4 Å². The summed E-state index contributed by atoms with van der Waals surface area (Å²) in [5, 5.41) is 16.7. The van der Waals surface area contributed by atoms with Crippen LogP contribution in [0.1, 0.15) is 26.2 Å². The summed E-state index contributed by atoms with van der Waals surface area (Å²) in [5.74, 6) is 6.00. The van der Waals surface area contributed by atoms with E-state index in [0.29, 0.717) is 18.2 Å². The summed E-state index contributed by atoms with van der Waals surface area (Å²) >= 11 is 2.97. The Hall–Kier alpha value is -2.98. The highest BCUT2D eigenvalue weighted by Gasteiger charge is 2.06. The molecule has 0 aliphatic carbocycles. The molecule has 0 aliphatic rings. The van der Waals surface area contributed by atoms with Crippen LogP contribution in [0.2, 0.25) is 6.82 Å². The van der Waals surface area contributed by atoms with Crippen LogP contribution in [-0.4, -0.2) is 32.0 Å². The van der Waals surface area contributed by atoms with Crippen molar-refractivity contribution in [2.75, 3.05) is 11.5 Å². The molecule has 0 aliphatic heterocycles. The Bertz CT molecular complexity index is 1120. The maximum atomic E-state index is 8.95. The highest BCUT2D eigenvalue weighted by molar-refractivity contribution is 7.13. The van der Waals surface area contributed by atoms with Crippen LogP contribution >= 0.6 is 22.7 Å². The van der Waals surface area contributed by atoms with Crippen molar-refractivity contribution >= 4 is 41.4 Å². The first-order chi connectivity index (χ1) is 15.9. The fraction of sp³-hybridized carbons (Fsp3) is 0.238. The van der Waals surface area contributed by atoms with E-state index in [1.165, 1.54) is 22.7 Å². The predicted octanol–water partition coefficient (Wildman–Crippen LogP) is 3.37. The quantitative estimate of drug-likeness (QED) is 0.170.